The highest BCUT2D eigenvalue weighted by molar-refractivity contribution is 8.00. The Hall–Kier alpha value is -1.77. The monoisotopic (exact) mass is 305 g/mol. The maximum atomic E-state index is 12.7. The summed E-state index contributed by atoms with van der Waals surface area (Å²) in [7, 11) is 1.24. The van der Waals surface area contributed by atoms with E-state index >= 15 is 0 Å². The number of halogens is 3. The lowest BCUT2D eigenvalue weighted by molar-refractivity contribution is -0.140. The lowest BCUT2D eigenvalue weighted by Crippen LogP contribution is -2.15. The number of carbonyl (C=O) groups is 1. The Labute approximate surface area is 116 Å². The molecule has 0 aliphatic carbocycles. The average molecular weight is 305 g/mol. The highest BCUT2D eigenvalue weighted by Gasteiger charge is 2.31. The molecule has 2 heterocycles. The third kappa shape index (κ3) is 2.87. The van der Waals surface area contributed by atoms with Crippen LogP contribution in [-0.4, -0.2) is 32.9 Å². The van der Waals surface area contributed by atoms with E-state index in [0.717, 1.165) is 24.0 Å². The lowest BCUT2D eigenvalue weighted by atomic mass is 10.3. The van der Waals surface area contributed by atoms with Gasteiger partial charge in [-0.25, -0.2) is 0 Å². The summed E-state index contributed by atoms with van der Waals surface area (Å²) in [5, 5.41) is 7.13. The zero-order valence-electron chi connectivity index (χ0n) is 10.5. The van der Waals surface area contributed by atoms with Crippen LogP contribution in [0.25, 0.3) is 5.65 Å². The van der Waals surface area contributed by atoms with Crippen molar-refractivity contribution >= 4 is 23.4 Å². The molecule has 9 heteroatoms. The van der Waals surface area contributed by atoms with Crippen LogP contribution in [0.3, 0.4) is 0 Å². The lowest BCUT2D eigenvalue weighted by Gasteiger charge is -2.09. The highest BCUT2D eigenvalue weighted by atomic mass is 32.2. The molecule has 20 heavy (non-hydrogen) atoms. The number of carbonyl (C=O) groups excluding carboxylic acids is 1. The summed E-state index contributed by atoms with van der Waals surface area (Å²) in [6, 6.07) is 2.16. The van der Waals surface area contributed by atoms with E-state index in [1.807, 2.05) is 0 Å². The van der Waals surface area contributed by atoms with Crippen molar-refractivity contribution in [3.63, 3.8) is 0 Å². The minimum absolute atomic E-state index is 0.198. The first-order valence-corrected chi connectivity index (χ1v) is 6.37. The number of hydrogen-bond donors (Lipinski definition) is 0. The zero-order chi connectivity index (χ0) is 14.9. The van der Waals surface area contributed by atoms with Gasteiger partial charge in [0.1, 0.15) is 5.25 Å². The van der Waals surface area contributed by atoms with Crippen molar-refractivity contribution in [2.24, 2.45) is 0 Å². The predicted octanol–water partition coefficient (Wildman–Crippen LogP) is 2.40. The fourth-order valence-corrected chi connectivity index (χ4v) is 2.35. The number of nitrogens with zero attached hydrogens (tertiary/aromatic N) is 3. The van der Waals surface area contributed by atoms with Crippen LogP contribution in [0.15, 0.2) is 23.5 Å². The first-order chi connectivity index (χ1) is 9.32. The topological polar surface area (TPSA) is 56.5 Å². The molecule has 5 nitrogen and oxygen atoms in total. The van der Waals surface area contributed by atoms with Crippen molar-refractivity contribution in [1.82, 2.24) is 14.6 Å². The summed E-state index contributed by atoms with van der Waals surface area (Å²) in [4.78, 5) is 11.3. The molecule has 0 aliphatic rings. The van der Waals surface area contributed by atoms with Gasteiger partial charge in [-0.15, -0.1) is 10.2 Å². The molecular weight excluding hydrogens is 295 g/mol. The molecule has 1 unspecified atom stereocenters. The molecule has 108 valence electrons. The molecule has 2 rings (SSSR count). The number of ether oxygens (including phenoxy) is 1. The predicted molar refractivity (Wildman–Crippen MR) is 65.3 cm³/mol. The minimum Gasteiger partial charge on any atom is -0.468 e. The maximum Gasteiger partial charge on any atom is 0.417 e. The van der Waals surface area contributed by atoms with Crippen LogP contribution in [-0.2, 0) is 15.7 Å². The van der Waals surface area contributed by atoms with Crippen LogP contribution in [0.2, 0.25) is 0 Å². The highest BCUT2D eigenvalue weighted by Crippen LogP contribution is 2.30. The first-order valence-electron chi connectivity index (χ1n) is 5.49. The first kappa shape index (κ1) is 14.6. The van der Waals surface area contributed by atoms with Crippen LogP contribution in [0.5, 0.6) is 0 Å². The van der Waals surface area contributed by atoms with E-state index < -0.39 is 23.0 Å². The van der Waals surface area contributed by atoms with Gasteiger partial charge in [-0.3, -0.25) is 9.20 Å². The Kier molecular flexibility index (Phi) is 3.89. The SMILES string of the molecule is COC(=O)C(C)Sc1nnc2ccc(C(F)(F)F)cn12. The van der Waals surface area contributed by atoms with Gasteiger partial charge in [-0.05, 0) is 19.1 Å². The quantitative estimate of drug-likeness (QED) is 0.644. The molecule has 0 saturated carbocycles. The van der Waals surface area contributed by atoms with Gasteiger partial charge in [0.05, 0.1) is 12.7 Å². The smallest absolute Gasteiger partial charge is 0.417 e. The zero-order valence-corrected chi connectivity index (χ0v) is 11.3. The summed E-state index contributed by atoms with van der Waals surface area (Å²) in [6.07, 6.45) is -3.55. The number of fused-ring (bicyclic) bond motifs is 1. The average Bonchev–Trinajstić information content (AvgIpc) is 2.79. The molecular formula is C11H10F3N3O2S. The van der Waals surface area contributed by atoms with Crippen molar-refractivity contribution in [3.8, 4) is 0 Å². The molecule has 2 aromatic heterocycles. The summed E-state index contributed by atoms with van der Waals surface area (Å²) < 4.78 is 43.7. The van der Waals surface area contributed by atoms with Crippen molar-refractivity contribution in [2.45, 2.75) is 23.5 Å². The van der Waals surface area contributed by atoms with Gasteiger partial charge in [0.25, 0.3) is 0 Å². The molecule has 0 radical (unpaired) electrons. The van der Waals surface area contributed by atoms with Crippen LogP contribution in [0, 0.1) is 0 Å². The number of pyridine rings is 1. The Morgan fingerprint density at radius 3 is 2.70 bits per heavy atom. The second-order valence-electron chi connectivity index (χ2n) is 3.91. The number of methoxy groups -OCH3 is 1. The van der Waals surface area contributed by atoms with Crippen LogP contribution in [0.4, 0.5) is 13.2 Å². The van der Waals surface area contributed by atoms with Gasteiger partial charge in [0.15, 0.2) is 10.8 Å². The largest absolute Gasteiger partial charge is 0.468 e. The van der Waals surface area contributed by atoms with Crippen molar-refractivity contribution in [3.05, 3.63) is 23.9 Å². The van der Waals surface area contributed by atoms with E-state index in [9.17, 15) is 18.0 Å². The molecule has 0 spiro atoms. The Balaban J connectivity index is 2.37. The summed E-state index contributed by atoms with van der Waals surface area (Å²) >= 11 is 0.979. The second kappa shape index (κ2) is 5.31. The number of hydrogen-bond acceptors (Lipinski definition) is 5. The van der Waals surface area contributed by atoms with Crippen LogP contribution < -0.4 is 0 Å². The molecule has 0 saturated heterocycles. The Morgan fingerprint density at radius 1 is 1.40 bits per heavy atom. The van der Waals surface area contributed by atoms with E-state index in [-0.39, 0.29) is 10.8 Å². The summed E-state index contributed by atoms with van der Waals surface area (Å²) in [5.74, 6) is -0.487. The van der Waals surface area contributed by atoms with Gasteiger partial charge >= 0.3 is 12.1 Å². The number of thioether (sulfide) groups is 1. The molecule has 0 aliphatic heterocycles. The fraction of sp³-hybridized carbons (Fsp3) is 0.364. The van der Waals surface area contributed by atoms with Gasteiger partial charge in [0.2, 0.25) is 0 Å². The number of aromatic nitrogens is 3. The van der Waals surface area contributed by atoms with E-state index in [0.29, 0.717) is 0 Å². The Bertz CT molecular complexity index is 641. The molecule has 0 bridgehead atoms. The molecule has 0 amide bonds. The molecule has 2 aromatic rings. The normalized spacial score (nSPS) is 13.4. The van der Waals surface area contributed by atoms with Crippen molar-refractivity contribution < 1.29 is 22.7 Å². The summed E-state index contributed by atoms with van der Waals surface area (Å²) in [6.45, 7) is 1.57. The third-order valence-corrected chi connectivity index (χ3v) is 3.55. The van der Waals surface area contributed by atoms with Gasteiger partial charge in [0, 0.05) is 6.20 Å². The fourth-order valence-electron chi connectivity index (χ4n) is 1.49. The van der Waals surface area contributed by atoms with E-state index in [2.05, 4.69) is 14.9 Å². The number of rotatable bonds is 3. The van der Waals surface area contributed by atoms with Crippen LogP contribution in [0.1, 0.15) is 12.5 Å². The van der Waals surface area contributed by atoms with Gasteiger partial charge < -0.3 is 4.74 Å². The maximum absolute atomic E-state index is 12.7. The molecule has 0 N–H and O–H groups in total. The van der Waals surface area contributed by atoms with E-state index in [4.69, 9.17) is 0 Å². The number of alkyl halides is 3. The van der Waals surface area contributed by atoms with Crippen molar-refractivity contribution in [1.29, 1.82) is 0 Å². The van der Waals surface area contributed by atoms with Crippen LogP contribution >= 0.6 is 11.8 Å². The van der Waals surface area contributed by atoms with E-state index in [1.54, 1.807) is 6.92 Å². The van der Waals surface area contributed by atoms with Gasteiger partial charge in [-0.2, -0.15) is 13.2 Å². The second-order valence-corrected chi connectivity index (χ2v) is 5.22. The third-order valence-electron chi connectivity index (χ3n) is 2.51. The molecule has 0 aromatic carbocycles. The molecule has 0 fully saturated rings. The summed E-state index contributed by atoms with van der Waals surface area (Å²) in [5.41, 5.74) is -0.532. The molecule has 1 atom stereocenters. The Morgan fingerprint density at radius 2 is 2.10 bits per heavy atom. The van der Waals surface area contributed by atoms with E-state index in [1.165, 1.54) is 17.6 Å². The number of esters is 1. The standard InChI is InChI=1S/C11H10F3N3O2S/c1-6(9(18)19-2)20-10-16-15-8-4-3-7(5-17(8)10)11(12,13)14/h3-6H,1-2H3. The van der Waals surface area contributed by atoms with Crippen molar-refractivity contribution in [2.75, 3.05) is 7.11 Å². The van der Waals surface area contributed by atoms with Gasteiger partial charge in [-0.1, -0.05) is 11.8 Å². The minimum atomic E-state index is -4.45.